The SMILES string of the molecule is COc1c(C(=O)O[C@H]2[C@@H](OC)O[C@H](CO)[C@@H](O)[C@@H]2O)ccc(OCc2ccccc2)c1Cl. The molecule has 3 rings (SSSR count). The fourth-order valence-corrected chi connectivity index (χ4v) is 3.60. The van der Waals surface area contributed by atoms with Crippen molar-refractivity contribution in [1.29, 1.82) is 0 Å². The zero-order valence-electron chi connectivity index (χ0n) is 17.5. The predicted molar refractivity (Wildman–Crippen MR) is 113 cm³/mol. The normalized spacial score (nSPS) is 25.2. The molecule has 0 saturated carbocycles. The van der Waals surface area contributed by atoms with Gasteiger partial charge in [0, 0.05) is 7.11 Å². The molecule has 1 heterocycles. The number of aliphatic hydroxyl groups excluding tert-OH is 3. The lowest BCUT2D eigenvalue weighted by Gasteiger charge is -2.40. The van der Waals surface area contributed by atoms with Crippen molar-refractivity contribution in [1.82, 2.24) is 0 Å². The molecule has 1 aliphatic heterocycles. The van der Waals surface area contributed by atoms with E-state index >= 15 is 0 Å². The van der Waals surface area contributed by atoms with Crippen LogP contribution in [0.1, 0.15) is 15.9 Å². The molecule has 9 nitrogen and oxygen atoms in total. The Morgan fingerprint density at radius 2 is 1.81 bits per heavy atom. The van der Waals surface area contributed by atoms with Crippen LogP contribution in [0.15, 0.2) is 42.5 Å². The highest BCUT2D eigenvalue weighted by atomic mass is 35.5. The molecule has 2 aromatic carbocycles. The van der Waals surface area contributed by atoms with E-state index in [-0.39, 0.29) is 22.9 Å². The number of esters is 1. The minimum absolute atomic E-state index is 0.0228. The van der Waals surface area contributed by atoms with E-state index in [1.807, 2.05) is 30.3 Å². The smallest absolute Gasteiger partial charge is 0.342 e. The summed E-state index contributed by atoms with van der Waals surface area (Å²) in [5.74, 6) is -0.556. The van der Waals surface area contributed by atoms with Gasteiger partial charge >= 0.3 is 5.97 Å². The van der Waals surface area contributed by atoms with Gasteiger partial charge in [-0.15, -0.1) is 0 Å². The summed E-state index contributed by atoms with van der Waals surface area (Å²) in [5.41, 5.74) is 0.910. The summed E-state index contributed by atoms with van der Waals surface area (Å²) in [6.07, 6.45) is -6.68. The van der Waals surface area contributed by atoms with E-state index in [0.29, 0.717) is 5.75 Å². The minimum atomic E-state index is -1.55. The number of carbonyl (C=O) groups excluding carboxylic acids is 1. The third-order valence-electron chi connectivity index (χ3n) is 5.02. The zero-order chi connectivity index (χ0) is 23.3. The molecule has 0 radical (unpaired) electrons. The Kier molecular flexibility index (Phi) is 8.30. The summed E-state index contributed by atoms with van der Waals surface area (Å²) in [6, 6.07) is 12.4. The first-order valence-corrected chi connectivity index (χ1v) is 10.2. The molecule has 5 atom stereocenters. The van der Waals surface area contributed by atoms with Crippen molar-refractivity contribution < 1.29 is 43.8 Å². The topological polar surface area (TPSA) is 124 Å². The summed E-state index contributed by atoms with van der Waals surface area (Å²) >= 11 is 6.39. The average molecular weight is 469 g/mol. The molecular formula is C22H25ClO9. The van der Waals surface area contributed by atoms with Gasteiger partial charge in [0.15, 0.2) is 18.1 Å². The van der Waals surface area contributed by atoms with Gasteiger partial charge in [-0.1, -0.05) is 41.9 Å². The lowest BCUT2D eigenvalue weighted by molar-refractivity contribution is -0.293. The van der Waals surface area contributed by atoms with E-state index < -0.39 is 43.3 Å². The third-order valence-corrected chi connectivity index (χ3v) is 5.38. The fraction of sp³-hybridized carbons (Fsp3) is 0.409. The van der Waals surface area contributed by atoms with Crippen LogP contribution in [0.5, 0.6) is 11.5 Å². The van der Waals surface area contributed by atoms with Gasteiger partial charge in [0.05, 0.1) is 13.7 Å². The largest absolute Gasteiger partial charge is 0.494 e. The van der Waals surface area contributed by atoms with Crippen LogP contribution in [0, 0.1) is 0 Å². The Balaban J connectivity index is 1.78. The molecule has 0 aromatic heterocycles. The Bertz CT molecular complexity index is 906. The van der Waals surface area contributed by atoms with Crippen molar-refractivity contribution in [3.05, 3.63) is 58.6 Å². The van der Waals surface area contributed by atoms with Crippen molar-refractivity contribution in [2.75, 3.05) is 20.8 Å². The van der Waals surface area contributed by atoms with Crippen molar-refractivity contribution in [2.45, 2.75) is 37.3 Å². The molecular weight excluding hydrogens is 444 g/mol. The van der Waals surface area contributed by atoms with Crippen LogP contribution >= 0.6 is 11.6 Å². The Morgan fingerprint density at radius 3 is 2.44 bits per heavy atom. The predicted octanol–water partition coefficient (Wildman–Crippen LogP) is 1.54. The van der Waals surface area contributed by atoms with E-state index in [0.717, 1.165) is 5.56 Å². The summed E-state index contributed by atoms with van der Waals surface area (Å²) in [7, 11) is 2.62. The van der Waals surface area contributed by atoms with Gasteiger partial charge in [-0.2, -0.15) is 0 Å². The number of halogens is 1. The number of rotatable bonds is 8. The van der Waals surface area contributed by atoms with E-state index in [9.17, 15) is 20.1 Å². The minimum Gasteiger partial charge on any atom is -0.494 e. The molecule has 0 unspecified atom stereocenters. The summed E-state index contributed by atoms with van der Waals surface area (Å²) in [6.45, 7) is -0.287. The van der Waals surface area contributed by atoms with Crippen LogP contribution in [0.4, 0.5) is 0 Å². The first kappa shape index (κ1) is 24.2. The number of carbonyl (C=O) groups is 1. The van der Waals surface area contributed by atoms with Crippen LogP contribution in [-0.2, 0) is 20.8 Å². The lowest BCUT2D eigenvalue weighted by atomic mass is 9.99. The molecule has 32 heavy (non-hydrogen) atoms. The Labute approximate surface area is 190 Å². The monoisotopic (exact) mass is 468 g/mol. The standard InChI is InChI=1S/C22H25ClO9/c1-28-19-13(8-9-14(16(19)23)30-11-12-6-4-3-5-7-12)21(27)32-20-18(26)17(25)15(10-24)31-22(20)29-2/h3-9,15,17-18,20,22,24-26H,10-11H2,1-2H3/t15-,17-,18+,20-,22+/m1/s1. The number of benzene rings is 2. The van der Waals surface area contributed by atoms with Gasteiger partial charge in [-0.05, 0) is 17.7 Å². The van der Waals surface area contributed by atoms with Crippen molar-refractivity contribution in [3.63, 3.8) is 0 Å². The van der Waals surface area contributed by atoms with Gasteiger partial charge in [-0.25, -0.2) is 4.79 Å². The highest BCUT2D eigenvalue weighted by molar-refractivity contribution is 6.34. The van der Waals surface area contributed by atoms with Gasteiger partial charge in [-0.3, -0.25) is 0 Å². The summed E-state index contributed by atoms with van der Waals surface area (Å²) in [5, 5.41) is 29.8. The molecule has 0 bridgehead atoms. The molecule has 1 saturated heterocycles. The van der Waals surface area contributed by atoms with Gasteiger partial charge in [0.2, 0.25) is 0 Å². The zero-order valence-corrected chi connectivity index (χ0v) is 18.3. The van der Waals surface area contributed by atoms with Crippen LogP contribution in [0.2, 0.25) is 5.02 Å². The van der Waals surface area contributed by atoms with Crippen LogP contribution < -0.4 is 9.47 Å². The highest BCUT2D eigenvalue weighted by Gasteiger charge is 2.47. The van der Waals surface area contributed by atoms with E-state index in [4.69, 9.17) is 35.3 Å². The maximum absolute atomic E-state index is 12.8. The van der Waals surface area contributed by atoms with Gasteiger partial charge < -0.3 is 39.0 Å². The second kappa shape index (κ2) is 11.0. The Morgan fingerprint density at radius 1 is 1.09 bits per heavy atom. The van der Waals surface area contributed by atoms with E-state index in [1.165, 1.54) is 26.4 Å². The molecule has 0 amide bonds. The molecule has 1 fully saturated rings. The maximum atomic E-state index is 12.8. The van der Waals surface area contributed by atoms with Crippen LogP contribution in [0.3, 0.4) is 0 Å². The third kappa shape index (κ3) is 5.15. The van der Waals surface area contributed by atoms with E-state index in [1.54, 1.807) is 0 Å². The number of hydrogen-bond donors (Lipinski definition) is 3. The number of ether oxygens (including phenoxy) is 5. The van der Waals surface area contributed by atoms with Crippen molar-refractivity contribution in [3.8, 4) is 11.5 Å². The second-order valence-corrected chi connectivity index (χ2v) is 7.42. The molecule has 0 aliphatic carbocycles. The first-order chi connectivity index (χ1) is 15.4. The summed E-state index contributed by atoms with van der Waals surface area (Å²) in [4.78, 5) is 12.8. The number of methoxy groups -OCH3 is 2. The molecule has 2 aromatic rings. The number of aliphatic hydroxyl groups is 3. The lowest BCUT2D eigenvalue weighted by Crippen LogP contribution is -2.60. The number of hydrogen-bond acceptors (Lipinski definition) is 9. The quantitative estimate of drug-likeness (QED) is 0.495. The fourth-order valence-electron chi connectivity index (χ4n) is 3.30. The second-order valence-electron chi connectivity index (χ2n) is 7.05. The molecule has 3 N–H and O–H groups in total. The maximum Gasteiger partial charge on any atom is 0.342 e. The van der Waals surface area contributed by atoms with Gasteiger partial charge in [0.25, 0.3) is 0 Å². The molecule has 174 valence electrons. The van der Waals surface area contributed by atoms with Crippen molar-refractivity contribution >= 4 is 17.6 Å². The van der Waals surface area contributed by atoms with Crippen LogP contribution in [0.25, 0.3) is 0 Å². The average Bonchev–Trinajstić information content (AvgIpc) is 2.81. The van der Waals surface area contributed by atoms with Gasteiger partial charge in [0.1, 0.15) is 41.3 Å². The molecule has 10 heteroatoms. The van der Waals surface area contributed by atoms with Crippen LogP contribution in [-0.4, -0.2) is 72.8 Å². The summed E-state index contributed by atoms with van der Waals surface area (Å²) < 4.78 is 26.9. The molecule has 0 spiro atoms. The van der Waals surface area contributed by atoms with Crippen molar-refractivity contribution in [2.24, 2.45) is 0 Å². The first-order valence-electron chi connectivity index (χ1n) is 9.80. The Hall–Kier alpha value is -2.40. The highest BCUT2D eigenvalue weighted by Crippen LogP contribution is 2.38. The van der Waals surface area contributed by atoms with E-state index in [2.05, 4.69) is 0 Å². The molecule has 1 aliphatic rings.